The van der Waals surface area contributed by atoms with Gasteiger partial charge in [0.15, 0.2) is 6.10 Å². The Morgan fingerprint density at radius 1 is 0.935 bits per heavy atom. The monoisotopic (exact) mass is 434 g/mol. The van der Waals surface area contributed by atoms with Crippen molar-refractivity contribution in [3.8, 4) is 16.9 Å². The summed E-state index contributed by atoms with van der Waals surface area (Å²) in [6.45, 7) is 5.09. The normalized spacial score (nSPS) is 14.9. The standard InChI is InChI=1S/C26H27ClN2O2/c1-19(31-25-14-4-20(5-15-25)18-29-16-2-3-17-29)26(30)28-24-12-8-22(9-13-24)21-6-10-23(27)11-7-21/h4-15,19H,2-3,16-18H2,1H3,(H,28,30). The second-order valence-electron chi connectivity index (χ2n) is 7.96. The number of nitrogens with one attached hydrogen (secondary N) is 1. The number of nitrogens with zero attached hydrogens (tertiary/aromatic N) is 1. The van der Waals surface area contributed by atoms with E-state index in [9.17, 15) is 4.79 Å². The molecule has 1 heterocycles. The molecule has 1 unspecified atom stereocenters. The highest BCUT2D eigenvalue weighted by Crippen LogP contribution is 2.23. The van der Waals surface area contributed by atoms with E-state index in [1.807, 2.05) is 60.7 Å². The maximum absolute atomic E-state index is 12.5. The first-order valence-electron chi connectivity index (χ1n) is 10.7. The van der Waals surface area contributed by atoms with Crippen molar-refractivity contribution < 1.29 is 9.53 Å². The molecule has 1 saturated heterocycles. The number of rotatable bonds is 7. The Bertz CT molecular complexity index is 995. The summed E-state index contributed by atoms with van der Waals surface area (Å²) >= 11 is 5.95. The second-order valence-corrected chi connectivity index (χ2v) is 8.40. The topological polar surface area (TPSA) is 41.6 Å². The van der Waals surface area contributed by atoms with Crippen molar-refractivity contribution in [3.05, 3.63) is 83.4 Å². The summed E-state index contributed by atoms with van der Waals surface area (Å²) in [6.07, 6.45) is 1.98. The molecule has 4 rings (SSSR count). The Balaban J connectivity index is 1.30. The van der Waals surface area contributed by atoms with Crippen LogP contribution in [-0.2, 0) is 11.3 Å². The summed E-state index contributed by atoms with van der Waals surface area (Å²) in [4.78, 5) is 15.0. The number of carbonyl (C=O) groups excluding carboxylic acids is 1. The highest BCUT2D eigenvalue weighted by Gasteiger charge is 2.16. The van der Waals surface area contributed by atoms with Crippen molar-refractivity contribution in [1.82, 2.24) is 4.90 Å². The Morgan fingerprint density at radius 3 is 2.13 bits per heavy atom. The molecule has 3 aromatic carbocycles. The molecule has 160 valence electrons. The lowest BCUT2D eigenvalue weighted by Gasteiger charge is -2.17. The van der Waals surface area contributed by atoms with Gasteiger partial charge < -0.3 is 10.1 Å². The van der Waals surface area contributed by atoms with Crippen LogP contribution in [0, 0.1) is 0 Å². The molecule has 1 atom stereocenters. The van der Waals surface area contributed by atoms with Gasteiger partial charge in [0.2, 0.25) is 0 Å². The van der Waals surface area contributed by atoms with Crippen molar-refractivity contribution in [2.75, 3.05) is 18.4 Å². The van der Waals surface area contributed by atoms with Gasteiger partial charge in [-0.1, -0.05) is 48.0 Å². The Kier molecular flexibility index (Phi) is 6.90. The fourth-order valence-corrected chi connectivity index (χ4v) is 3.89. The minimum atomic E-state index is -0.597. The number of benzene rings is 3. The van der Waals surface area contributed by atoms with Crippen molar-refractivity contribution >= 4 is 23.2 Å². The zero-order valence-corrected chi connectivity index (χ0v) is 18.4. The van der Waals surface area contributed by atoms with Gasteiger partial charge in [-0.2, -0.15) is 0 Å². The molecule has 0 bridgehead atoms. The number of amides is 1. The summed E-state index contributed by atoms with van der Waals surface area (Å²) in [5.41, 5.74) is 4.14. The molecular formula is C26H27ClN2O2. The Hall–Kier alpha value is -2.82. The van der Waals surface area contributed by atoms with Gasteiger partial charge in [0.25, 0.3) is 5.91 Å². The van der Waals surface area contributed by atoms with E-state index < -0.39 is 6.10 Å². The van der Waals surface area contributed by atoms with E-state index in [2.05, 4.69) is 22.3 Å². The predicted octanol–water partition coefficient (Wildman–Crippen LogP) is 6.01. The molecule has 0 aliphatic carbocycles. The number of carbonyl (C=O) groups is 1. The average molecular weight is 435 g/mol. The molecule has 1 N–H and O–H groups in total. The van der Waals surface area contributed by atoms with Crippen LogP contribution >= 0.6 is 11.6 Å². The number of ether oxygens (including phenoxy) is 1. The molecule has 3 aromatic rings. The van der Waals surface area contributed by atoms with E-state index in [1.165, 1.54) is 31.5 Å². The molecule has 1 amide bonds. The smallest absolute Gasteiger partial charge is 0.265 e. The summed E-state index contributed by atoms with van der Waals surface area (Å²) < 4.78 is 5.84. The van der Waals surface area contributed by atoms with E-state index in [0.29, 0.717) is 10.8 Å². The maximum Gasteiger partial charge on any atom is 0.265 e. The van der Waals surface area contributed by atoms with E-state index in [-0.39, 0.29) is 5.91 Å². The van der Waals surface area contributed by atoms with Crippen LogP contribution in [0.2, 0.25) is 5.02 Å². The molecule has 0 radical (unpaired) electrons. The third kappa shape index (κ3) is 5.87. The molecule has 1 aliphatic heterocycles. The van der Waals surface area contributed by atoms with Gasteiger partial charge >= 0.3 is 0 Å². The van der Waals surface area contributed by atoms with Crippen LogP contribution in [0.4, 0.5) is 5.69 Å². The zero-order valence-electron chi connectivity index (χ0n) is 17.7. The molecule has 0 saturated carbocycles. The van der Waals surface area contributed by atoms with Crippen LogP contribution in [0.1, 0.15) is 25.3 Å². The first-order chi connectivity index (χ1) is 15.1. The number of likely N-dealkylation sites (tertiary alicyclic amines) is 1. The van der Waals surface area contributed by atoms with Crippen LogP contribution < -0.4 is 10.1 Å². The molecule has 1 aliphatic rings. The van der Waals surface area contributed by atoms with Gasteiger partial charge in [0, 0.05) is 17.3 Å². The van der Waals surface area contributed by atoms with E-state index >= 15 is 0 Å². The first-order valence-corrected chi connectivity index (χ1v) is 11.1. The largest absolute Gasteiger partial charge is 0.481 e. The fourth-order valence-electron chi connectivity index (χ4n) is 3.76. The molecule has 1 fully saturated rings. The summed E-state index contributed by atoms with van der Waals surface area (Å²) in [7, 11) is 0. The minimum absolute atomic E-state index is 0.180. The molecular weight excluding hydrogens is 408 g/mol. The summed E-state index contributed by atoms with van der Waals surface area (Å²) in [6, 6.07) is 23.4. The van der Waals surface area contributed by atoms with Crippen LogP contribution in [0.5, 0.6) is 5.75 Å². The average Bonchev–Trinajstić information content (AvgIpc) is 3.29. The Morgan fingerprint density at radius 2 is 1.52 bits per heavy atom. The molecule has 0 aromatic heterocycles. The Labute approximate surface area is 188 Å². The van der Waals surface area contributed by atoms with Gasteiger partial charge in [0.1, 0.15) is 5.75 Å². The van der Waals surface area contributed by atoms with Crippen molar-refractivity contribution in [2.45, 2.75) is 32.4 Å². The summed E-state index contributed by atoms with van der Waals surface area (Å²) in [5, 5.41) is 3.63. The molecule has 31 heavy (non-hydrogen) atoms. The van der Waals surface area contributed by atoms with Gasteiger partial charge in [-0.3, -0.25) is 9.69 Å². The lowest BCUT2D eigenvalue weighted by atomic mass is 10.1. The molecule has 4 nitrogen and oxygen atoms in total. The van der Waals surface area contributed by atoms with Crippen LogP contribution in [-0.4, -0.2) is 30.0 Å². The highest BCUT2D eigenvalue weighted by molar-refractivity contribution is 6.30. The van der Waals surface area contributed by atoms with Gasteiger partial charge in [-0.15, -0.1) is 0 Å². The third-order valence-electron chi connectivity index (χ3n) is 5.54. The van der Waals surface area contributed by atoms with Crippen LogP contribution in [0.25, 0.3) is 11.1 Å². The summed E-state index contributed by atoms with van der Waals surface area (Å²) in [5.74, 6) is 0.520. The fraction of sp³-hybridized carbons (Fsp3) is 0.269. The molecule has 0 spiro atoms. The first kappa shape index (κ1) is 21.4. The predicted molar refractivity (Wildman–Crippen MR) is 127 cm³/mol. The van der Waals surface area contributed by atoms with Gasteiger partial charge in [0.05, 0.1) is 0 Å². The second kappa shape index (κ2) is 9.99. The SMILES string of the molecule is CC(Oc1ccc(CN2CCCC2)cc1)C(=O)Nc1ccc(-c2ccc(Cl)cc2)cc1. The molecule has 5 heteroatoms. The number of hydrogen-bond donors (Lipinski definition) is 1. The maximum atomic E-state index is 12.5. The van der Waals surface area contributed by atoms with E-state index in [0.717, 1.165) is 23.4 Å². The van der Waals surface area contributed by atoms with Crippen LogP contribution in [0.15, 0.2) is 72.8 Å². The quantitative estimate of drug-likeness (QED) is 0.495. The minimum Gasteiger partial charge on any atom is -0.481 e. The van der Waals surface area contributed by atoms with Crippen molar-refractivity contribution in [2.24, 2.45) is 0 Å². The highest BCUT2D eigenvalue weighted by atomic mass is 35.5. The third-order valence-corrected chi connectivity index (χ3v) is 5.79. The zero-order chi connectivity index (χ0) is 21.6. The van der Waals surface area contributed by atoms with Crippen molar-refractivity contribution in [3.63, 3.8) is 0 Å². The van der Waals surface area contributed by atoms with Gasteiger partial charge in [-0.25, -0.2) is 0 Å². The number of anilines is 1. The van der Waals surface area contributed by atoms with Gasteiger partial charge in [-0.05, 0) is 85.9 Å². The lowest BCUT2D eigenvalue weighted by Crippen LogP contribution is -2.30. The van der Waals surface area contributed by atoms with E-state index in [1.54, 1.807) is 6.92 Å². The number of halogens is 1. The van der Waals surface area contributed by atoms with Crippen LogP contribution in [0.3, 0.4) is 0 Å². The van der Waals surface area contributed by atoms with Crippen molar-refractivity contribution in [1.29, 1.82) is 0 Å². The number of hydrogen-bond acceptors (Lipinski definition) is 3. The lowest BCUT2D eigenvalue weighted by molar-refractivity contribution is -0.122. The van der Waals surface area contributed by atoms with E-state index in [4.69, 9.17) is 16.3 Å².